The Bertz CT molecular complexity index is 1090. The standard InChI is InChI=1S/C28H38N2O6S2/c1-26(2,37-29-33)15-24(31)35-18-7-9-19-17(14-18)6-8-21-20(19)12-13-28(5)22(21)10-11-23(28)36-25(32)16-27(3,4)38-30-34/h7,9,14,20-23H,6,8,10-13,15-16H2,1-5H3/t20-,21-,22+,23?,28+/m1/s1. The summed E-state index contributed by atoms with van der Waals surface area (Å²) in [6, 6.07) is 6.01. The number of fused-ring (bicyclic) bond motifs is 5. The smallest absolute Gasteiger partial charge is 0.312 e. The summed E-state index contributed by atoms with van der Waals surface area (Å²) in [5.74, 6) is 1.42. The normalized spacial score (nSPS) is 28.4. The monoisotopic (exact) mass is 562 g/mol. The molecule has 0 aliphatic heterocycles. The van der Waals surface area contributed by atoms with E-state index in [0.29, 0.717) is 23.5 Å². The zero-order valence-electron chi connectivity index (χ0n) is 22.9. The number of esters is 2. The Balaban J connectivity index is 1.41. The van der Waals surface area contributed by atoms with Crippen LogP contribution in [0.1, 0.15) is 96.6 Å². The average Bonchev–Trinajstić information content (AvgIpc) is 3.13. The van der Waals surface area contributed by atoms with Crippen molar-refractivity contribution < 1.29 is 19.1 Å². The Morgan fingerprint density at radius 1 is 0.974 bits per heavy atom. The summed E-state index contributed by atoms with van der Waals surface area (Å²) in [5.41, 5.74) is 2.56. The van der Waals surface area contributed by atoms with E-state index in [0.717, 1.165) is 62.4 Å². The summed E-state index contributed by atoms with van der Waals surface area (Å²) >= 11 is 1.73. The molecule has 0 spiro atoms. The van der Waals surface area contributed by atoms with Gasteiger partial charge in [-0.25, -0.2) is 0 Å². The number of hydrogen-bond donors (Lipinski definition) is 0. The lowest BCUT2D eigenvalue weighted by Gasteiger charge is -2.50. The first-order valence-corrected chi connectivity index (χ1v) is 15.0. The highest BCUT2D eigenvalue weighted by Gasteiger charge is 2.56. The van der Waals surface area contributed by atoms with Crippen LogP contribution in [0.15, 0.2) is 27.4 Å². The highest BCUT2D eigenvalue weighted by molar-refractivity contribution is 7.99. The summed E-state index contributed by atoms with van der Waals surface area (Å²) in [6.45, 7) is 9.56. The van der Waals surface area contributed by atoms with Crippen LogP contribution in [0.5, 0.6) is 5.75 Å². The summed E-state index contributed by atoms with van der Waals surface area (Å²) in [6.07, 6.45) is 6.14. The number of aryl methyl sites for hydroxylation is 1. The third-order valence-corrected chi connectivity index (χ3v) is 10.3. The topological polar surface area (TPSA) is 111 Å². The molecule has 208 valence electrons. The van der Waals surface area contributed by atoms with Crippen LogP contribution >= 0.6 is 23.9 Å². The second kappa shape index (κ2) is 11.3. The van der Waals surface area contributed by atoms with Gasteiger partial charge in [0.1, 0.15) is 11.9 Å². The Morgan fingerprint density at radius 2 is 1.63 bits per heavy atom. The van der Waals surface area contributed by atoms with Crippen molar-refractivity contribution in [1.29, 1.82) is 0 Å². The third kappa shape index (κ3) is 6.27. The van der Waals surface area contributed by atoms with Crippen molar-refractivity contribution in [1.82, 2.24) is 0 Å². The highest BCUT2D eigenvalue weighted by atomic mass is 32.2. The number of nitroso groups, excluding NO2 is 2. The van der Waals surface area contributed by atoms with Crippen LogP contribution in [-0.2, 0) is 20.7 Å². The molecule has 4 rings (SSSR count). The van der Waals surface area contributed by atoms with Crippen LogP contribution in [0.3, 0.4) is 0 Å². The first-order valence-electron chi connectivity index (χ1n) is 13.4. The largest absolute Gasteiger partial charge is 0.462 e. The quantitative estimate of drug-likeness (QED) is 0.124. The minimum atomic E-state index is -0.607. The summed E-state index contributed by atoms with van der Waals surface area (Å²) in [4.78, 5) is 46.4. The SMILES string of the molecule is CC(C)(CC(=O)Oc1ccc2c(c1)CC[C@@H]1[C@@H]2CC[C@]2(C)C(OC(=O)CC(C)(C)SN=O)CC[C@@H]12)SN=O. The number of rotatable bonds is 10. The Kier molecular flexibility index (Phi) is 8.62. The van der Waals surface area contributed by atoms with Crippen LogP contribution in [0.4, 0.5) is 0 Å². The van der Waals surface area contributed by atoms with Gasteiger partial charge in [0.15, 0.2) is 0 Å². The maximum absolute atomic E-state index is 12.7. The van der Waals surface area contributed by atoms with Crippen LogP contribution in [0, 0.1) is 27.1 Å². The zero-order valence-corrected chi connectivity index (χ0v) is 24.5. The van der Waals surface area contributed by atoms with Gasteiger partial charge >= 0.3 is 11.9 Å². The van der Waals surface area contributed by atoms with Crippen LogP contribution in [-0.4, -0.2) is 27.5 Å². The predicted molar refractivity (Wildman–Crippen MR) is 151 cm³/mol. The Labute approximate surface area is 233 Å². The molecule has 1 unspecified atom stereocenters. The number of nitrogens with zero attached hydrogens (tertiary/aromatic N) is 2. The van der Waals surface area contributed by atoms with Gasteiger partial charge in [-0.2, -0.15) is 0 Å². The van der Waals surface area contributed by atoms with Crippen molar-refractivity contribution in [2.45, 2.75) is 108 Å². The molecule has 2 saturated carbocycles. The van der Waals surface area contributed by atoms with Gasteiger partial charge in [-0.05, 0) is 107 Å². The second-order valence-electron chi connectivity index (χ2n) is 12.6. The van der Waals surface area contributed by atoms with E-state index < -0.39 is 9.49 Å². The molecule has 3 aliphatic carbocycles. The van der Waals surface area contributed by atoms with E-state index in [2.05, 4.69) is 22.2 Å². The summed E-state index contributed by atoms with van der Waals surface area (Å²) in [5, 5.41) is 0. The lowest BCUT2D eigenvalue weighted by atomic mass is 9.55. The Hall–Kier alpha value is -1.94. The summed E-state index contributed by atoms with van der Waals surface area (Å²) < 4.78 is 16.2. The molecule has 38 heavy (non-hydrogen) atoms. The molecule has 0 radical (unpaired) electrons. The van der Waals surface area contributed by atoms with E-state index in [4.69, 9.17) is 9.47 Å². The lowest BCUT2D eigenvalue weighted by molar-refractivity contribution is -0.158. The fraction of sp³-hybridized carbons (Fsp3) is 0.714. The molecule has 3 aliphatic rings. The van der Waals surface area contributed by atoms with E-state index >= 15 is 0 Å². The fourth-order valence-electron chi connectivity index (χ4n) is 7.10. The molecule has 0 amide bonds. The first-order chi connectivity index (χ1) is 17.9. The van der Waals surface area contributed by atoms with E-state index in [-0.39, 0.29) is 36.3 Å². The van der Waals surface area contributed by atoms with Crippen molar-refractivity contribution in [3.63, 3.8) is 0 Å². The highest BCUT2D eigenvalue weighted by Crippen LogP contribution is 2.61. The molecule has 0 heterocycles. The van der Waals surface area contributed by atoms with Gasteiger partial charge in [-0.1, -0.05) is 13.0 Å². The summed E-state index contributed by atoms with van der Waals surface area (Å²) in [7, 11) is 0. The average molecular weight is 563 g/mol. The van der Waals surface area contributed by atoms with Gasteiger partial charge in [-0.15, -0.1) is 9.81 Å². The van der Waals surface area contributed by atoms with Crippen LogP contribution in [0.25, 0.3) is 0 Å². The minimum Gasteiger partial charge on any atom is -0.462 e. The number of benzene rings is 1. The minimum absolute atomic E-state index is 0.0365. The molecule has 0 aromatic heterocycles. The van der Waals surface area contributed by atoms with Crippen molar-refractivity contribution in [3.8, 4) is 5.75 Å². The molecule has 5 atom stereocenters. The van der Waals surface area contributed by atoms with E-state index in [1.807, 2.05) is 26.0 Å². The maximum Gasteiger partial charge on any atom is 0.312 e. The van der Waals surface area contributed by atoms with Crippen molar-refractivity contribution in [2.75, 3.05) is 0 Å². The number of ether oxygens (including phenoxy) is 2. The van der Waals surface area contributed by atoms with Gasteiger partial charge in [0, 0.05) is 48.0 Å². The van der Waals surface area contributed by atoms with Gasteiger partial charge in [-0.3, -0.25) is 9.59 Å². The van der Waals surface area contributed by atoms with E-state index in [1.54, 1.807) is 13.8 Å². The molecular weight excluding hydrogens is 524 g/mol. The number of hydrogen-bond acceptors (Lipinski definition) is 10. The molecule has 0 N–H and O–H groups in total. The van der Waals surface area contributed by atoms with Crippen molar-refractivity contribution >= 4 is 35.8 Å². The lowest BCUT2D eigenvalue weighted by Crippen LogP contribution is -2.45. The van der Waals surface area contributed by atoms with E-state index in [1.165, 1.54) is 11.1 Å². The molecule has 8 nitrogen and oxygen atoms in total. The first kappa shape index (κ1) is 29.1. The molecule has 1 aromatic carbocycles. The number of carbonyl (C=O) groups is 2. The van der Waals surface area contributed by atoms with Gasteiger partial charge < -0.3 is 9.47 Å². The van der Waals surface area contributed by atoms with Gasteiger partial charge in [0.05, 0.1) is 12.8 Å². The third-order valence-electron chi connectivity index (χ3n) is 8.83. The van der Waals surface area contributed by atoms with Gasteiger partial charge in [0.25, 0.3) is 0 Å². The zero-order chi connectivity index (χ0) is 27.7. The van der Waals surface area contributed by atoms with Crippen molar-refractivity contribution in [2.24, 2.45) is 26.4 Å². The van der Waals surface area contributed by atoms with Crippen LogP contribution in [0.2, 0.25) is 0 Å². The van der Waals surface area contributed by atoms with Gasteiger partial charge in [0.2, 0.25) is 0 Å². The molecule has 0 saturated heterocycles. The second-order valence-corrected chi connectivity index (χ2v) is 15.4. The Morgan fingerprint density at radius 3 is 2.29 bits per heavy atom. The van der Waals surface area contributed by atoms with E-state index in [9.17, 15) is 19.4 Å². The predicted octanol–water partition coefficient (Wildman–Crippen LogP) is 7.53. The molecular formula is C28H38N2O6S2. The fourth-order valence-corrected chi connectivity index (χ4v) is 7.87. The molecule has 10 heteroatoms. The molecule has 1 aromatic rings. The van der Waals surface area contributed by atoms with Crippen molar-refractivity contribution in [3.05, 3.63) is 39.1 Å². The van der Waals surface area contributed by atoms with Crippen LogP contribution < -0.4 is 4.74 Å². The maximum atomic E-state index is 12.7. The molecule has 2 fully saturated rings. The number of carbonyl (C=O) groups excluding carboxylic acids is 2. The molecule has 0 bridgehead atoms.